The van der Waals surface area contributed by atoms with Crippen LogP contribution in [0, 0.1) is 6.92 Å². The highest BCUT2D eigenvalue weighted by Crippen LogP contribution is 2.40. The number of carbonyl (C=O) groups excluding carboxylic acids is 1. The van der Waals surface area contributed by atoms with Crippen molar-refractivity contribution in [3.63, 3.8) is 0 Å². The second-order valence-electron chi connectivity index (χ2n) is 5.50. The zero-order valence-corrected chi connectivity index (χ0v) is 15.5. The monoisotopic (exact) mass is 375 g/mol. The summed E-state index contributed by atoms with van der Waals surface area (Å²) >= 11 is 0. The van der Waals surface area contributed by atoms with Crippen molar-refractivity contribution in [2.24, 2.45) is 0 Å². The summed E-state index contributed by atoms with van der Waals surface area (Å²) in [6.45, 7) is 1.34. The largest absolute Gasteiger partial charge is 0.493 e. The summed E-state index contributed by atoms with van der Waals surface area (Å²) < 4.78 is 21.0. The smallest absolute Gasteiger partial charge is 0.341 e. The molecule has 1 amide bonds. The van der Waals surface area contributed by atoms with Gasteiger partial charge in [-0.3, -0.25) is 4.79 Å². The Kier molecular flexibility index (Phi) is 6.48. The van der Waals surface area contributed by atoms with E-state index in [1.807, 2.05) is 0 Å². The van der Waals surface area contributed by atoms with Crippen molar-refractivity contribution in [3.8, 4) is 23.0 Å². The van der Waals surface area contributed by atoms with Crippen LogP contribution in [0.5, 0.6) is 23.0 Å². The molecule has 0 aliphatic heterocycles. The second-order valence-corrected chi connectivity index (χ2v) is 5.50. The van der Waals surface area contributed by atoms with Crippen molar-refractivity contribution < 1.29 is 33.6 Å². The van der Waals surface area contributed by atoms with Crippen molar-refractivity contribution in [3.05, 3.63) is 41.5 Å². The van der Waals surface area contributed by atoms with Crippen LogP contribution in [0.15, 0.2) is 30.3 Å². The van der Waals surface area contributed by atoms with Crippen LogP contribution in [0.4, 0.5) is 5.69 Å². The molecule has 0 aliphatic carbocycles. The van der Waals surface area contributed by atoms with Crippen LogP contribution in [0.25, 0.3) is 0 Å². The minimum Gasteiger partial charge on any atom is -0.493 e. The van der Waals surface area contributed by atoms with Gasteiger partial charge < -0.3 is 29.4 Å². The van der Waals surface area contributed by atoms with E-state index in [2.05, 4.69) is 5.32 Å². The number of aliphatic carboxylic acids is 1. The number of methoxy groups -OCH3 is 3. The van der Waals surface area contributed by atoms with Gasteiger partial charge in [0.2, 0.25) is 5.75 Å². The summed E-state index contributed by atoms with van der Waals surface area (Å²) in [4.78, 5) is 23.3. The maximum absolute atomic E-state index is 12.7. The van der Waals surface area contributed by atoms with Crippen molar-refractivity contribution in [1.82, 2.24) is 0 Å². The summed E-state index contributed by atoms with van der Waals surface area (Å²) in [5.41, 5.74) is 1.55. The van der Waals surface area contributed by atoms with E-state index >= 15 is 0 Å². The van der Waals surface area contributed by atoms with Crippen molar-refractivity contribution in [1.29, 1.82) is 0 Å². The number of anilines is 1. The Morgan fingerprint density at radius 2 is 1.70 bits per heavy atom. The number of carboxylic acid groups (broad SMARTS) is 1. The SMILES string of the molecule is COc1ccc(C(=O)Nc2ccc(OCC(=O)O)cc2C)c(OC)c1OC. The van der Waals surface area contributed by atoms with Crippen LogP contribution in [-0.4, -0.2) is 44.9 Å². The van der Waals surface area contributed by atoms with E-state index in [1.165, 1.54) is 21.3 Å². The van der Waals surface area contributed by atoms with E-state index in [0.29, 0.717) is 28.5 Å². The number of ether oxygens (including phenoxy) is 4. The van der Waals surface area contributed by atoms with Gasteiger partial charge in [-0.05, 0) is 42.8 Å². The Hall–Kier alpha value is -3.42. The lowest BCUT2D eigenvalue weighted by atomic mass is 10.1. The molecular formula is C19H21NO7. The third-order valence-corrected chi connectivity index (χ3v) is 3.76. The maximum Gasteiger partial charge on any atom is 0.341 e. The zero-order chi connectivity index (χ0) is 20.0. The van der Waals surface area contributed by atoms with Gasteiger partial charge in [0.05, 0.1) is 26.9 Å². The lowest BCUT2D eigenvalue weighted by molar-refractivity contribution is -0.139. The van der Waals surface area contributed by atoms with Crippen LogP contribution in [0.3, 0.4) is 0 Å². The van der Waals surface area contributed by atoms with Gasteiger partial charge in [-0.25, -0.2) is 4.79 Å². The lowest BCUT2D eigenvalue weighted by Gasteiger charge is -2.16. The molecule has 0 saturated heterocycles. The molecule has 0 unspecified atom stereocenters. The molecule has 2 aromatic carbocycles. The highest BCUT2D eigenvalue weighted by Gasteiger charge is 2.21. The molecule has 2 rings (SSSR count). The van der Waals surface area contributed by atoms with Gasteiger partial charge in [-0.15, -0.1) is 0 Å². The van der Waals surface area contributed by atoms with Gasteiger partial charge in [0.1, 0.15) is 5.75 Å². The van der Waals surface area contributed by atoms with E-state index in [-0.39, 0.29) is 11.3 Å². The molecule has 0 radical (unpaired) electrons. The van der Waals surface area contributed by atoms with E-state index in [1.54, 1.807) is 37.3 Å². The molecule has 0 spiro atoms. The van der Waals surface area contributed by atoms with Crippen molar-refractivity contribution in [2.75, 3.05) is 33.3 Å². The highest BCUT2D eigenvalue weighted by atomic mass is 16.5. The lowest BCUT2D eigenvalue weighted by Crippen LogP contribution is -2.15. The number of carboxylic acids is 1. The summed E-state index contributed by atoms with van der Waals surface area (Å²) in [5, 5.41) is 11.5. The molecule has 0 aliphatic rings. The molecule has 0 heterocycles. The first kappa shape index (κ1) is 19.9. The number of benzene rings is 2. The second kappa shape index (κ2) is 8.79. The quantitative estimate of drug-likeness (QED) is 0.731. The van der Waals surface area contributed by atoms with Crippen LogP contribution in [0.1, 0.15) is 15.9 Å². The number of hydrogen-bond donors (Lipinski definition) is 2. The summed E-state index contributed by atoms with van der Waals surface area (Å²) in [6, 6.07) is 8.06. The normalized spacial score (nSPS) is 10.1. The molecule has 8 nitrogen and oxygen atoms in total. The molecule has 144 valence electrons. The molecule has 27 heavy (non-hydrogen) atoms. The topological polar surface area (TPSA) is 103 Å². The predicted molar refractivity (Wildman–Crippen MR) is 98.4 cm³/mol. The average molecular weight is 375 g/mol. The highest BCUT2D eigenvalue weighted by molar-refractivity contribution is 6.07. The third kappa shape index (κ3) is 4.60. The Morgan fingerprint density at radius 3 is 2.26 bits per heavy atom. The molecule has 2 N–H and O–H groups in total. The Labute approximate surface area is 156 Å². The van der Waals surface area contributed by atoms with E-state index in [0.717, 1.165) is 0 Å². The van der Waals surface area contributed by atoms with Gasteiger partial charge in [0, 0.05) is 5.69 Å². The molecule has 8 heteroatoms. The summed E-state index contributed by atoms with van der Waals surface area (Å²) in [5.74, 6) is -0.0329. The first-order valence-corrected chi connectivity index (χ1v) is 7.96. The Morgan fingerprint density at radius 1 is 1.00 bits per heavy atom. The van der Waals surface area contributed by atoms with Crippen LogP contribution in [-0.2, 0) is 4.79 Å². The zero-order valence-electron chi connectivity index (χ0n) is 15.5. The van der Waals surface area contributed by atoms with E-state index < -0.39 is 18.5 Å². The average Bonchev–Trinajstić information content (AvgIpc) is 2.66. The fraction of sp³-hybridized carbons (Fsp3) is 0.263. The standard InChI is InChI=1S/C19H21NO7/c1-11-9-12(27-10-16(21)22)5-7-14(11)20-19(23)13-6-8-15(24-2)18(26-4)17(13)25-3/h5-9H,10H2,1-4H3,(H,20,23)(H,21,22). The minimum absolute atomic E-state index is 0.258. The first-order chi connectivity index (χ1) is 12.9. The van der Waals surface area contributed by atoms with Gasteiger partial charge in [0.15, 0.2) is 18.1 Å². The summed E-state index contributed by atoms with van der Waals surface area (Å²) in [6.07, 6.45) is 0. The number of rotatable bonds is 8. The summed E-state index contributed by atoms with van der Waals surface area (Å²) in [7, 11) is 4.39. The fourth-order valence-electron chi connectivity index (χ4n) is 2.48. The van der Waals surface area contributed by atoms with Gasteiger partial charge in [0.25, 0.3) is 5.91 Å². The molecule has 0 fully saturated rings. The van der Waals surface area contributed by atoms with Crippen LogP contribution < -0.4 is 24.3 Å². The van der Waals surface area contributed by atoms with Crippen molar-refractivity contribution in [2.45, 2.75) is 6.92 Å². The molecule has 2 aromatic rings. The Bertz CT molecular complexity index is 848. The van der Waals surface area contributed by atoms with Crippen LogP contribution in [0.2, 0.25) is 0 Å². The van der Waals surface area contributed by atoms with Crippen molar-refractivity contribution >= 4 is 17.6 Å². The molecular weight excluding hydrogens is 354 g/mol. The number of nitrogens with one attached hydrogen (secondary N) is 1. The Balaban J connectivity index is 2.26. The van der Waals surface area contributed by atoms with Gasteiger partial charge >= 0.3 is 5.97 Å². The van der Waals surface area contributed by atoms with Crippen LogP contribution >= 0.6 is 0 Å². The minimum atomic E-state index is -1.06. The maximum atomic E-state index is 12.7. The molecule has 0 aromatic heterocycles. The molecule has 0 saturated carbocycles. The first-order valence-electron chi connectivity index (χ1n) is 7.96. The fourth-order valence-corrected chi connectivity index (χ4v) is 2.48. The number of hydrogen-bond acceptors (Lipinski definition) is 6. The molecule has 0 bridgehead atoms. The third-order valence-electron chi connectivity index (χ3n) is 3.76. The number of amides is 1. The number of aryl methyl sites for hydroxylation is 1. The predicted octanol–water partition coefficient (Wildman–Crippen LogP) is 2.74. The van der Waals surface area contributed by atoms with Gasteiger partial charge in [-0.1, -0.05) is 0 Å². The van der Waals surface area contributed by atoms with E-state index in [9.17, 15) is 9.59 Å². The molecule has 0 atom stereocenters. The van der Waals surface area contributed by atoms with Gasteiger partial charge in [-0.2, -0.15) is 0 Å². The number of carbonyl (C=O) groups is 2. The van der Waals surface area contributed by atoms with E-state index in [4.69, 9.17) is 24.1 Å².